The number of hydrogen-bond donors (Lipinski definition) is 1. The summed E-state index contributed by atoms with van der Waals surface area (Å²) in [4.78, 5) is 15.0. The average molecular weight is 407 g/mol. The molecule has 1 aromatic carbocycles. The number of hydrogen-bond acceptors (Lipinski definition) is 6. The van der Waals surface area contributed by atoms with Gasteiger partial charge in [-0.2, -0.15) is 4.31 Å². The first-order chi connectivity index (χ1) is 13.4. The minimum Gasteiger partial charge on any atom is -0.361 e. The number of carbonyl (C=O) groups excluding carboxylic acids is 1. The maximum Gasteiger partial charge on any atom is 0.261 e. The van der Waals surface area contributed by atoms with E-state index in [1.807, 2.05) is 6.92 Å². The second-order valence-corrected chi connectivity index (χ2v) is 8.67. The van der Waals surface area contributed by atoms with Gasteiger partial charge in [-0.3, -0.25) is 4.79 Å². The Morgan fingerprint density at radius 1 is 1.14 bits per heavy atom. The Hall–Kier alpha value is -2.23. The standard InChI is InChI=1S/C19H26N4O4S/c1-4-17-18(14(3)27-21-17)19(24)20-15-6-8-16(9-7-15)28(25,26)23-12-10-22(5-2)11-13-23/h6-9H,4-5,10-13H2,1-3H3,(H,20,24). The fourth-order valence-corrected chi connectivity index (χ4v) is 4.71. The molecular weight excluding hydrogens is 380 g/mol. The van der Waals surface area contributed by atoms with Crippen LogP contribution in [0.25, 0.3) is 0 Å². The van der Waals surface area contributed by atoms with Crippen LogP contribution in [-0.4, -0.2) is 61.4 Å². The molecular formula is C19H26N4O4S. The Morgan fingerprint density at radius 2 is 1.79 bits per heavy atom. The number of carbonyl (C=O) groups is 1. The van der Waals surface area contributed by atoms with Gasteiger partial charge in [-0.25, -0.2) is 8.42 Å². The molecule has 0 unspecified atom stereocenters. The molecule has 0 bridgehead atoms. The van der Waals surface area contributed by atoms with Crippen LogP contribution >= 0.6 is 0 Å². The lowest BCUT2D eigenvalue weighted by Crippen LogP contribution is -2.48. The van der Waals surface area contributed by atoms with Crippen LogP contribution in [-0.2, 0) is 16.4 Å². The van der Waals surface area contributed by atoms with Gasteiger partial charge in [-0.1, -0.05) is 19.0 Å². The van der Waals surface area contributed by atoms with E-state index in [4.69, 9.17) is 4.52 Å². The first-order valence-electron chi connectivity index (χ1n) is 9.45. The number of sulfonamides is 1. The van der Waals surface area contributed by atoms with Gasteiger partial charge in [0.25, 0.3) is 5.91 Å². The second-order valence-electron chi connectivity index (χ2n) is 6.73. The quantitative estimate of drug-likeness (QED) is 0.790. The highest BCUT2D eigenvalue weighted by molar-refractivity contribution is 7.89. The van der Waals surface area contributed by atoms with Crippen LogP contribution in [0.1, 0.15) is 35.7 Å². The van der Waals surface area contributed by atoms with E-state index in [2.05, 4.69) is 22.3 Å². The smallest absolute Gasteiger partial charge is 0.261 e. The number of piperazine rings is 1. The molecule has 0 atom stereocenters. The number of nitrogens with one attached hydrogen (secondary N) is 1. The molecule has 3 rings (SSSR count). The summed E-state index contributed by atoms with van der Waals surface area (Å²) in [6, 6.07) is 6.25. The lowest BCUT2D eigenvalue weighted by Gasteiger charge is -2.33. The summed E-state index contributed by atoms with van der Waals surface area (Å²) in [5, 5.41) is 6.66. The molecule has 2 heterocycles. The molecule has 1 saturated heterocycles. The number of rotatable bonds is 6. The van der Waals surface area contributed by atoms with Gasteiger partial charge in [0.15, 0.2) is 0 Å². The maximum atomic E-state index is 12.8. The molecule has 1 amide bonds. The van der Waals surface area contributed by atoms with E-state index in [-0.39, 0.29) is 10.8 Å². The van der Waals surface area contributed by atoms with Crippen molar-refractivity contribution in [3.8, 4) is 0 Å². The molecule has 1 aliphatic heterocycles. The zero-order chi connectivity index (χ0) is 20.3. The molecule has 1 fully saturated rings. The van der Waals surface area contributed by atoms with Crippen molar-refractivity contribution in [3.63, 3.8) is 0 Å². The lowest BCUT2D eigenvalue weighted by molar-refractivity contribution is 0.102. The maximum absolute atomic E-state index is 12.8. The second kappa shape index (κ2) is 8.42. The van der Waals surface area contributed by atoms with Crippen molar-refractivity contribution >= 4 is 21.6 Å². The van der Waals surface area contributed by atoms with Crippen LogP contribution in [0.15, 0.2) is 33.7 Å². The average Bonchev–Trinajstić information content (AvgIpc) is 3.09. The Kier molecular flexibility index (Phi) is 6.17. The Labute approximate surface area is 165 Å². The molecule has 1 aromatic heterocycles. The van der Waals surface area contributed by atoms with E-state index in [0.717, 1.165) is 19.6 Å². The normalized spacial score (nSPS) is 16.2. The number of aryl methyl sites for hydroxylation is 2. The highest BCUT2D eigenvalue weighted by atomic mass is 32.2. The molecule has 0 spiro atoms. The zero-order valence-corrected chi connectivity index (χ0v) is 17.3. The summed E-state index contributed by atoms with van der Waals surface area (Å²) in [5.41, 5.74) is 1.54. The van der Waals surface area contributed by atoms with Crippen molar-refractivity contribution in [2.45, 2.75) is 32.1 Å². The van der Waals surface area contributed by atoms with Gasteiger partial charge in [-0.05, 0) is 44.2 Å². The number of nitrogens with zero attached hydrogens (tertiary/aromatic N) is 3. The third kappa shape index (κ3) is 4.11. The topological polar surface area (TPSA) is 95.8 Å². The van der Waals surface area contributed by atoms with Gasteiger partial charge < -0.3 is 14.7 Å². The highest BCUT2D eigenvalue weighted by Gasteiger charge is 2.28. The molecule has 152 valence electrons. The molecule has 28 heavy (non-hydrogen) atoms. The first kappa shape index (κ1) is 20.5. The summed E-state index contributed by atoms with van der Waals surface area (Å²) in [5.74, 6) is 0.140. The van der Waals surface area contributed by atoms with E-state index in [1.165, 1.54) is 16.4 Å². The molecule has 1 aliphatic rings. The van der Waals surface area contributed by atoms with Crippen LogP contribution in [0, 0.1) is 6.92 Å². The summed E-state index contributed by atoms with van der Waals surface area (Å²) in [6.45, 7) is 9.03. The number of likely N-dealkylation sites (N-methyl/N-ethyl adjacent to an activating group) is 1. The number of aromatic nitrogens is 1. The van der Waals surface area contributed by atoms with E-state index in [9.17, 15) is 13.2 Å². The number of amides is 1. The minimum absolute atomic E-state index is 0.228. The van der Waals surface area contributed by atoms with Crippen LogP contribution in [0.5, 0.6) is 0 Å². The van der Waals surface area contributed by atoms with Crippen molar-refractivity contribution in [1.29, 1.82) is 0 Å². The molecule has 0 radical (unpaired) electrons. The Balaban J connectivity index is 1.71. The fourth-order valence-electron chi connectivity index (χ4n) is 3.29. The zero-order valence-electron chi connectivity index (χ0n) is 16.4. The summed E-state index contributed by atoms with van der Waals surface area (Å²) >= 11 is 0. The van der Waals surface area contributed by atoms with Gasteiger partial charge in [0, 0.05) is 31.9 Å². The van der Waals surface area contributed by atoms with E-state index < -0.39 is 10.0 Å². The first-order valence-corrected chi connectivity index (χ1v) is 10.9. The summed E-state index contributed by atoms with van der Waals surface area (Å²) in [7, 11) is -3.53. The monoisotopic (exact) mass is 406 g/mol. The van der Waals surface area contributed by atoms with Crippen molar-refractivity contribution in [3.05, 3.63) is 41.3 Å². The third-order valence-electron chi connectivity index (χ3n) is 5.02. The van der Waals surface area contributed by atoms with E-state index >= 15 is 0 Å². The predicted octanol–water partition coefficient (Wildman–Crippen LogP) is 2.12. The van der Waals surface area contributed by atoms with E-state index in [0.29, 0.717) is 42.2 Å². The summed E-state index contributed by atoms with van der Waals surface area (Å²) in [6.07, 6.45) is 0.586. The van der Waals surface area contributed by atoms with E-state index in [1.54, 1.807) is 19.1 Å². The lowest BCUT2D eigenvalue weighted by atomic mass is 10.1. The van der Waals surface area contributed by atoms with Gasteiger partial charge in [-0.15, -0.1) is 0 Å². The molecule has 8 nitrogen and oxygen atoms in total. The molecule has 0 saturated carbocycles. The predicted molar refractivity (Wildman–Crippen MR) is 106 cm³/mol. The van der Waals surface area contributed by atoms with Gasteiger partial charge in [0.2, 0.25) is 10.0 Å². The molecule has 1 N–H and O–H groups in total. The van der Waals surface area contributed by atoms with Crippen LogP contribution in [0.2, 0.25) is 0 Å². The molecule has 9 heteroatoms. The van der Waals surface area contributed by atoms with Crippen LogP contribution in [0.3, 0.4) is 0 Å². The fraction of sp³-hybridized carbons (Fsp3) is 0.474. The Morgan fingerprint density at radius 3 is 2.36 bits per heavy atom. The van der Waals surface area contributed by atoms with Gasteiger partial charge >= 0.3 is 0 Å². The SMILES string of the molecule is CCc1noc(C)c1C(=O)Nc1ccc(S(=O)(=O)N2CCN(CC)CC2)cc1. The largest absolute Gasteiger partial charge is 0.361 e. The summed E-state index contributed by atoms with van der Waals surface area (Å²) < 4.78 is 32.3. The molecule has 0 aliphatic carbocycles. The number of benzene rings is 1. The van der Waals surface area contributed by atoms with Gasteiger partial charge in [0.1, 0.15) is 11.3 Å². The van der Waals surface area contributed by atoms with Crippen molar-refractivity contribution in [1.82, 2.24) is 14.4 Å². The van der Waals surface area contributed by atoms with Crippen LogP contribution < -0.4 is 5.32 Å². The minimum atomic E-state index is -3.53. The van der Waals surface area contributed by atoms with Gasteiger partial charge in [0.05, 0.1) is 10.6 Å². The van der Waals surface area contributed by atoms with Crippen molar-refractivity contribution in [2.24, 2.45) is 0 Å². The molecule has 2 aromatic rings. The Bertz CT molecular complexity index is 929. The third-order valence-corrected chi connectivity index (χ3v) is 6.94. The highest BCUT2D eigenvalue weighted by Crippen LogP contribution is 2.21. The number of anilines is 1. The van der Waals surface area contributed by atoms with Crippen molar-refractivity contribution in [2.75, 3.05) is 38.0 Å². The van der Waals surface area contributed by atoms with Crippen molar-refractivity contribution < 1.29 is 17.7 Å². The van der Waals surface area contributed by atoms with Crippen LogP contribution in [0.4, 0.5) is 5.69 Å².